The first-order valence-corrected chi connectivity index (χ1v) is 7.86. The van der Waals surface area contributed by atoms with E-state index in [9.17, 15) is 0 Å². The lowest BCUT2D eigenvalue weighted by molar-refractivity contribution is 0.420. The number of aromatic nitrogens is 3. The standard InChI is InChI=1S/C17H24N4.ClH/c1-13-9-11-15(12-10-13)20(2)17-19-18-16(21(17)3)14-7-5-4-6-8-14;/h9-12,14H,4-8H2,1-3H3;1H. The van der Waals surface area contributed by atoms with Crippen molar-refractivity contribution in [2.24, 2.45) is 7.05 Å². The van der Waals surface area contributed by atoms with Crippen molar-refractivity contribution in [3.8, 4) is 0 Å². The monoisotopic (exact) mass is 320 g/mol. The molecule has 1 saturated carbocycles. The maximum Gasteiger partial charge on any atom is 0.231 e. The van der Waals surface area contributed by atoms with E-state index in [2.05, 4.69) is 64.9 Å². The molecule has 0 radical (unpaired) electrons. The predicted octanol–water partition coefficient (Wildman–Crippen LogP) is 4.36. The first-order chi connectivity index (χ1) is 10.2. The topological polar surface area (TPSA) is 34.0 Å². The largest absolute Gasteiger partial charge is 0.314 e. The summed E-state index contributed by atoms with van der Waals surface area (Å²) in [7, 11) is 4.14. The summed E-state index contributed by atoms with van der Waals surface area (Å²) in [6, 6.07) is 8.52. The van der Waals surface area contributed by atoms with Gasteiger partial charge in [-0.25, -0.2) is 0 Å². The summed E-state index contributed by atoms with van der Waals surface area (Å²) >= 11 is 0. The zero-order valence-corrected chi connectivity index (χ0v) is 14.4. The summed E-state index contributed by atoms with van der Waals surface area (Å²) in [6.45, 7) is 2.10. The molecule has 1 aromatic heterocycles. The van der Waals surface area contributed by atoms with Crippen molar-refractivity contribution in [1.29, 1.82) is 0 Å². The van der Waals surface area contributed by atoms with E-state index in [-0.39, 0.29) is 12.4 Å². The maximum atomic E-state index is 4.47. The van der Waals surface area contributed by atoms with E-state index < -0.39 is 0 Å². The van der Waals surface area contributed by atoms with Crippen LogP contribution >= 0.6 is 12.4 Å². The fourth-order valence-corrected chi connectivity index (χ4v) is 3.22. The average molecular weight is 321 g/mol. The summed E-state index contributed by atoms with van der Waals surface area (Å²) < 4.78 is 2.16. The molecule has 2 aromatic rings. The van der Waals surface area contributed by atoms with E-state index in [1.54, 1.807) is 0 Å². The number of halogens is 1. The van der Waals surface area contributed by atoms with Crippen molar-refractivity contribution in [2.45, 2.75) is 44.9 Å². The Morgan fingerprint density at radius 3 is 2.32 bits per heavy atom. The Labute approximate surface area is 139 Å². The zero-order chi connectivity index (χ0) is 14.8. The molecule has 22 heavy (non-hydrogen) atoms. The van der Waals surface area contributed by atoms with Crippen LogP contribution in [0, 0.1) is 6.92 Å². The Morgan fingerprint density at radius 2 is 1.68 bits per heavy atom. The van der Waals surface area contributed by atoms with Crippen LogP contribution in [-0.2, 0) is 7.05 Å². The summed E-state index contributed by atoms with van der Waals surface area (Å²) in [5.41, 5.74) is 2.42. The third kappa shape index (κ3) is 3.27. The highest BCUT2D eigenvalue weighted by molar-refractivity contribution is 5.85. The van der Waals surface area contributed by atoms with Crippen molar-refractivity contribution in [3.63, 3.8) is 0 Å². The van der Waals surface area contributed by atoms with Crippen LogP contribution in [0.3, 0.4) is 0 Å². The summed E-state index contributed by atoms with van der Waals surface area (Å²) in [6.07, 6.45) is 6.51. The molecule has 5 heteroatoms. The van der Waals surface area contributed by atoms with Gasteiger partial charge in [0, 0.05) is 25.7 Å². The summed E-state index contributed by atoms with van der Waals surface area (Å²) in [5, 5.41) is 8.90. The second kappa shape index (κ2) is 7.14. The molecule has 1 fully saturated rings. The molecular formula is C17H25ClN4. The predicted molar refractivity (Wildman–Crippen MR) is 93.3 cm³/mol. The van der Waals surface area contributed by atoms with Crippen molar-refractivity contribution in [1.82, 2.24) is 14.8 Å². The first kappa shape index (κ1) is 16.8. The van der Waals surface area contributed by atoms with Crippen molar-refractivity contribution < 1.29 is 0 Å². The van der Waals surface area contributed by atoms with Gasteiger partial charge in [-0.2, -0.15) is 0 Å². The Balaban J connectivity index is 0.00000176. The van der Waals surface area contributed by atoms with Crippen LogP contribution in [-0.4, -0.2) is 21.8 Å². The van der Waals surface area contributed by atoms with Gasteiger partial charge in [-0.1, -0.05) is 37.0 Å². The van der Waals surface area contributed by atoms with Crippen LogP contribution in [0.25, 0.3) is 0 Å². The molecule has 0 spiro atoms. The number of nitrogens with zero attached hydrogens (tertiary/aromatic N) is 4. The Bertz CT molecular complexity index is 600. The van der Waals surface area contributed by atoms with Gasteiger partial charge < -0.3 is 4.90 Å². The molecule has 0 N–H and O–H groups in total. The fraction of sp³-hybridized carbons (Fsp3) is 0.529. The highest BCUT2D eigenvalue weighted by Gasteiger charge is 2.23. The number of rotatable bonds is 3. The molecular weight excluding hydrogens is 296 g/mol. The van der Waals surface area contributed by atoms with E-state index in [1.165, 1.54) is 37.7 Å². The molecule has 3 rings (SSSR count). The highest BCUT2D eigenvalue weighted by atomic mass is 35.5. The summed E-state index contributed by atoms with van der Waals surface area (Å²) in [5.74, 6) is 2.64. The van der Waals surface area contributed by atoms with Crippen molar-refractivity contribution in [3.05, 3.63) is 35.7 Å². The maximum absolute atomic E-state index is 4.47. The number of hydrogen-bond acceptors (Lipinski definition) is 3. The minimum Gasteiger partial charge on any atom is -0.314 e. The van der Waals surface area contributed by atoms with Gasteiger partial charge in [-0.05, 0) is 31.9 Å². The Hall–Kier alpha value is -1.55. The van der Waals surface area contributed by atoms with E-state index in [0.717, 1.165) is 17.5 Å². The summed E-state index contributed by atoms with van der Waals surface area (Å²) in [4.78, 5) is 2.11. The van der Waals surface area contributed by atoms with Crippen LogP contribution in [0.5, 0.6) is 0 Å². The van der Waals surface area contributed by atoms with Gasteiger partial charge in [0.05, 0.1) is 0 Å². The van der Waals surface area contributed by atoms with Gasteiger partial charge in [0.25, 0.3) is 0 Å². The van der Waals surface area contributed by atoms with E-state index in [1.807, 2.05) is 0 Å². The van der Waals surface area contributed by atoms with E-state index in [0.29, 0.717) is 5.92 Å². The molecule has 4 nitrogen and oxygen atoms in total. The lowest BCUT2D eigenvalue weighted by Crippen LogP contribution is -2.16. The first-order valence-electron chi connectivity index (χ1n) is 7.86. The second-order valence-corrected chi connectivity index (χ2v) is 6.15. The minimum atomic E-state index is 0. The molecule has 0 aliphatic heterocycles. The number of aryl methyl sites for hydroxylation is 1. The normalized spacial score (nSPS) is 15.4. The SMILES string of the molecule is Cc1ccc(N(C)c2nnc(C3CCCCC3)n2C)cc1.Cl. The lowest BCUT2D eigenvalue weighted by Gasteiger charge is -2.22. The van der Waals surface area contributed by atoms with Crippen LogP contribution in [0.15, 0.2) is 24.3 Å². The molecule has 120 valence electrons. The number of benzene rings is 1. The van der Waals surface area contributed by atoms with Gasteiger partial charge in [-0.3, -0.25) is 4.57 Å². The Morgan fingerprint density at radius 1 is 1.05 bits per heavy atom. The molecule has 1 aliphatic carbocycles. The third-order valence-corrected chi connectivity index (χ3v) is 4.58. The van der Waals surface area contributed by atoms with Crippen LogP contribution in [0.2, 0.25) is 0 Å². The molecule has 1 aliphatic rings. The smallest absolute Gasteiger partial charge is 0.231 e. The lowest BCUT2D eigenvalue weighted by atomic mass is 9.89. The zero-order valence-electron chi connectivity index (χ0n) is 13.6. The molecule has 1 aromatic carbocycles. The molecule has 0 atom stereocenters. The van der Waals surface area contributed by atoms with Crippen LogP contribution in [0.1, 0.15) is 49.4 Å². The second-order valence-electron chi connectivity index (χ2n) is 6.15. The third-order valence-electron chi connectivity index (χ3n) is 4.58. The van der Waals surface area contributed by atoms with Crippen molar-refractivity contribution in [2.75, 3.05) is 11.9 Å². The molecule has 0 amide bonds. The quantitative estimate of drug-likeness (QED) is 0.842. The fourth-order valence-electron chi connectivity index (χ4n) is 3.22. The Kier molecular flexibility index (Phi) is 5.46. The van der Waals surface area contributed by atoms with Crippen molar-refractivity contribution >= 4 is 24.0 Å². The van der Waals surface area contributed by atoms with Gasteiger partial charge in [0.15, 0.2) is 0 Å². The van der Waals surface area contributed by atoms with E-state index >= 15 is 0 Å². The van der Waals surface area contributed by atoms with E-state index in [4.69, 9.17) is 0 Å². The average Bonchev–Trinajstić information content (AvgIpc) is 2.90. The molecule has 0 bridgehead atoms. The van der Waals surface area contributed by atoms with Gasteiger partial charge in [0.1, 0.15) is 5.82 Å². The van der Waals surface area contributed by atoms with Crippen LogP contribution in [0.4, 0.5) is 11.6 Å². The van der Waals surface area contributed by atoms with Gasteiger partial charge in [-0.15, -0.1) is 22.6 Å². The molecule has 0 saturated heterocycles. The molecule has 1 heterocycles. The number of anilines is 2. The molecule has 0 unspecified atom stereocenters. The number of hydrogen-bond donors (Lipinski definition) is 0. The van der Waals surface area contributed by atoms with Gasteiger partial charge >= 0.3 is 0 Å². The minimum absolute atomic E-state index is 0. The van der Waals surface area contributed by atoms with Gasteiger partial charge in [0.2, 0.25) is 5.95 Å². The highest BCUT2D eigenvalue weighted by Crippen LogP contribution is 2.33. The van der Waals surface area contributed by atoms with Crippen LogP contribution < -0.4 is 4.90 Å².